The van der Waals surface area contributed by atoms with E-state index >= 15 is 0 Å². The molecule has 1 rings (SSSR count). The molecule has 1 fully saturated rings. The number of nitrogens with one attached hydrogen (secondary N) is 2. The van der Waals surface area contributed by atoms with Gasteiger partial charge in [0.1, 0.15) is 0 Å². The van der Waals surface area contributed by atoms with Crippen molar-refractivity contribution < 1.29 is 9.53 Å². The van der Waals surface area contributed by atoms with Crippen LogP contribution in [0.2, 0.25) is 0 Å². The standard InChI is InChI=1S/C8H15N3O2S/c1-2-6-5(3-4-13-6)7(12)10-11-8(9)14/h5-6H,2-4H2,1H3,(H,10,12)(H3,9,11,14). The first-order valence-corrected chi connectivity index (χ1v) is 5.03. The molecule has 80 valence electrons. The Kier molecular flexibility index (Phi) is 4.09. The number of thiocarbonyl (C=S) groups is 1. The molecule has 2 atom stereocenters. The van der Waals surface area contributed by atoms with Gasteiger partial charge in [-0.05, 0) is 25.1 Å². The number of amides is 1. The maximum absolute atomic E-state index is 11.6. The third-order valence-corrected chi connectivity index (χ3v) is 2.36. The highest BCUT2D eigenvalue weighted by molar-refractivity contribution is 7.80. The van der Waals surface area contributed by atoms with Crippen molar-refractivity contribution in [2.24, 2.45) is 11.7 Å². The molecule has 5 nitrogen and oxygen atoms in total. The Labute approximate surface area is 88.3 Å². The number of hydrazine groups is 1. The zero-order valence-corrected chi connectivity index (χ0v) is 8.89. The summed E-state index contributed by atoms with van der Waals surface area (Å²) in [6, 6.07) is 0. The minimum absolute atomic E-state index is 0.0168. The van der Waals surface area contributed by atoms with Gasteiger partial charge in [-0.3, -0.25) is 15.6 Å². The summed E-state index contributed by atoms with van der Waals surface area (Å²) in [5.41, 5.74) is 10.1. The van der Waals surface area contributed by atoms with E-state index < -0.39 is 0 Å². The molecule has 4 N–H and O–H groups in total. The minimum atomic E-state index is -0.109. The summed E-state index contributed by atoms with van der Waals surface area (Å²) in [6.07, 6.45) is 1.61. The lowest BCUT2D eigenvalue weighted by molar-refractivity contribution is -0.127. The molecule has 1 aliphatic heterocycles. The van der Waals surface area contributed by atoms with Crippen molar-refractivity contribution in [2.45, 2.75) is 25.9 Å². The molecule has 0 aromatic heterocycles. The van der Waals surface area contributed by atoms with Gasteiger partial charge < -0.3 is 10.5 Å². The fourth-order valence-corrected chi connectivity index (χ4v) is 1.62. The van der Waals surface area contributed by atoms with Crippen LogP contribution in [-0.2, 0) is 9.53 Å². The second-order valence-corrected chi connectivity index (χ2v) is 3.63. The Morgan fingerprint density at radius 1 is 1.64 bits per heavy atom. The van der Waals surface area contributed by atoms with Crippen LogP contribution in [0.15, 0.2) is 0 Å². The summed E-state index contributed by atoms with van der Waals surface area (Å²) < 4.78 is 5.39. The third kappa shape index (κ3) is 2.81. The zero-order chi connectivity index (χ0) is 10.6. The van der Waals surface area contributed by atoms with Gasteiger partial charge in [0.25, 0.3) is 0 Å². The van der Waals surface area contributed by atoms with Crippen LogP contribution in [0.4, 0.5) is 0 Å². The summed E-state index contributed by atoms with van der Waals surface area (Å²) in [5, 5.41) is 0.0605. The maximum Gasteiger partial charge on any atom is 0.244 e. The normalized spacial score (nSPS) is 25.8. The first-order chi connectivity index (χ1) is 6.65. The summed E-state index contributed by atoms with van der Waals surface area (Å²) in [5.74, 6) is -0.205. The first kappa shape index (κ1) is 11.2. The number of ether oxygens (including phenoxy) is 1. The van der Waals surface area contributed by atoms with E-state index in [-0.39, 0.29) is 23.0 Å². The van der Waals surface area contributed by atoms with E-state index in [9.17, 15) is 4.79 Å². The minimum Gasteiger partial charge on any atom is -0.377 e. The fourth-order valence-electron chi connectivity index (χ4n) is 1.57. The van der Waals surface area contributed by atoms with Crippen LogP contribution in [-0.4, -0.2) is 23.7 Å². The second-order valence-electron chi connectivity index (χ2n) is 3.19. The smallest absolute Gasteiger partial charge is 0.244 e. The molecule has 2 unspecified atom stereocenters. The van der Waals surface area contributed by atoms with Crippen molar-refractivity contribution >= 4 is 23.2 Å². The Balaban J connectivity index is 2.39. The molecular formula is C8H15N3O2S. The molecule has 14 heavy (non-hydrogen) atoms. The van der Waals surface area contributed by atoms with E-state index in [1.165, 1.54) is 0 Å². The zero-order valence-electron chi connectivity index (χ0n) is 8.08. The monoisotopic (exact) mass is 217 g/mol. The predicted octanol–water partition coefficient (Wildman–Crippen LogP) is -0.334. The number of carbonyl (C=O) groups is 1. The number of hydrogen-bond acceptors (Lipinski definition) is 3. The Morgan fingerprint density at radius 2 is 2.36 bits per heavy atom. The molecule has 0 bridgehead atoms. The van der Waals surface area contributed by atoms with Crippen molar-refractivity contribution in [1.29, 1.82) is 0 Å². The van der Waals surface area contributed by atoms with Crippen LogP contribution in [0.1, 0.15) is 19.8 Å². The number of rotatable bonds is 2. The van der Waals surface area contributed by atoms with Gasteiger partial charge in [0, 0.05) is 6.61 Å². The first-order valence-electron chi connectivity index (χ1n) is 4.62. The molecule has 0 radical (unpaired) electrons. The lowest BCUT2D eigenvalue weighted by atomic mass is 9.99. The van der Waals surface area contributed by atoms with Gasteiger partial charge in [0.15, 0.2) is 5.11 Å². The SMILES string of the molecule is CCC1OCCC1C(=O)NNC(N)=S. The van der Waals surface area contributed by atoms with Crippen molar-refractivity contribution in [3.8, 4) is 0 Å². The molecule has 1 amide bonds. The Morgan fingerprint density at radius 3 is 2.93 bits per heavy atom. The molecule has 0 aromatic rings. The summed E-state index contributed by atoms with van der Waals surface area (Å²) >= 11 is 4.57. The van der Waals surface area contributed by atoms with E-state index in [2.05, 4.69) is 23.1 Å². The van der Waals surface area contributed by atoms with Crippen molar-refractivity contribution in [3.05, 3.63) is 0 Å². The van der Waals surface area contributed by atoms with Crippen LogP contribution in [0, 0.1) is 5.92 Å². The lowest BCUT2D eigenvalue weighted by Gasteiger charge is -2.16. The quantitative estimate of drug-likeness (QED) is 0.436. The van der Waals surface area contributed by atoms with Crippen LogP contribution in [0.5, 0.6) is 0 Å². The van der Waals surface area contributed by atoms with E-state index in [1.807, 2.05) is 6.92 Å². The van der Waals surface area contributed by atoms with Crippen molar-refractivity contribution in [2.75, 3.05) is 6.61 Å². The van der Waals surface area contributed by atoms with Gasteiger partial charge in [0.2, 0.25) is 5.91 Å². The predicted molar refractivity (Wildman–Crippen MR) is 56.2 cm³/mol. The summed E-state index contributed by atoms with van der Waals surface area (Å²) in [6.45, 7) is 2.64. The highest BCUT2D eigenvalue weighted by Crippen LogP contribution is 2.22. The average Bonchev–Trinajstić information content (AvgIpc) is 2.61. The van der Waals surface area contributed by atoms with Crippen LogP contribution >= 0.6 is 12.2 Å². The summed E-state index contributed by atoms with van der Waals surface area (Å²) in [7, 11) is 0. The number of hydrogen-bond donors (Lipinski definition) is 3. The fraction of sp³-hybridized carbons (Fsp3) is 0.750. The topological polar surface area (TPSA) is 76.4 Å². The molecule has 0 saturated carbocycles. The number of nitrogens with two attached hydrogens (primary N) is 1. The van der Waals surface area contributed by atoms with Gasteiger partial charge in [-0.25, -0.2) is 0 Å². The van der Waals surface area contributed by atoms with Crippen LogP contribution < -0.4 is 16.6 Å². The molecule has 6 heteroatoms. The molecule has 1 heterocycles. The molecule has 0 spiro atoms. The highest BCUT2D eigenvalue weighted by Gasteiger charge is 2.32. The molecule has 1 saturated heterocycles. The van der Waals surface area contributed by atoms with Gasteiger partial charge in [0.05, 0.1) is 12.0 Å². The number of carbonyl (C=O) groups excluding carboxylic acids is 1. The molecule has 1 aliphatic rings. The van der Waals surface area contributed by atoms with Gasteiger partial charge in [-0.2, -0.15) is 0 Å². The van der Waals surface area contributed by atoms with Gasteiger partial charge >= 0.3 is 0 Å². The molecular weight excluding hydrogens is 202 g/mol. The maximum atomic E-state index is 11.6. The Bertz CT molecular complexity index is 235. The lowest BCUT2D eigenvalue weighted by Crippen LogP contribution is -2.48. The largest absolute Gasteiger partial charge is 0.377 e. The van der Waals surface area contributed by atoms with E-state index in [4.69, 9.17) is 10.5 Å². The van der Waals surface area contributed by atoms with Crippen LogP contribution in [0.3, 0.4) is 0 Å². The van der Waals surface area contributed by atoms with Crippen molar-refractivity contribution in [3.63, 3.8) is 0 Å². The highest BCUT2D eigenvalue weighted by atomic mass is 32.1. The van der Waals surface area contributed by atoms with Gasteiger partial charge in [-0.1, -0.05) is 6.92 Å². The molecule has 0 aromatic carbocycles. The molecule has 0 aliphatic carbocycles. The Hall–Kier alpha value is -0.880. The van der Waals surface area contributed by atoms with Gasteiger partial charge in [-0.15, -0.1) is 0 Å². The van der Waals surface area contributed by atoms with E-state index in [0.717, 1.165) is 12.8 Å². The summed E-state index contributed by atoms with van der Waals surface area (Å²) in [4.78, 5) is 11.6. The van der Waals surface area contributed by atoms with E-state index in [1.54, 1.807) is 0 Å². The van der Waals surface area contributed by atoms with E-state index in [0.29, 0.717) is 6.61 Å². The third-order valence-electron chi connectivity index (χ3n) is 2.26. The van der Waals surface area contributed by atoms with Crippen LogP contribution in [0.25, 0.3) is 0 Å². The second kappa shape index (κ2) is 5.11. The average molecular weight is 217 g/mol. The van der Waals surface area contributed by atoms with Crippen molar-refractivity contribution in [1.82, 2.24) is 10.9 Å².